The van der Waals surface area contributed by atoms with Gasteiger partial charge in [0.15, 0.2) is 0 Å². The fourth-order valence-electron chi connectivity index (χ4n) is 1.54. The molecule has 0 aliphatic rings. The monoisotopic (exact) mass is 369 g/mol. The summed E-state index contributed by atoms with van der Waals surface area (Å²) in [4.78, 5) is 14.6. The van der Waals surface area contributed by atoms with Crippen molar-refractivity contribution < 1.29 is 9.90 Å². The zero-order chi connectivity index (χ0) is 14.5. The van der Waals surface area contributed by atoms with Crippen molar-refractivity contribution in [3.8, 4) is 11.8 Å². The molecule has 6 heteroatoms. The van der Waals surface area contributed by atoms with E-state index in [1.807, 2.05) is 24.4 Å². The Bertz CT molecular complexity index is 679. The number of amides is 1. The van der Waals surface area contributed by atoms with Gasteiger partial charge in [0.05, 0.1) is 16.3 Å². The maximum atomic E-state index is 12.1. The molecule has 2 aromatic heterocycles. The van der Waals surface area contributed by atoms with Gasteiger partial charge in [-0.15, -0.1) is 22.7 Å². The summed E-state index contributed by atoms with van der Waals surface area (Å²) in [6.07, 6.45) is 0. The van der Waals surface area contributed by atoms with Gasteiger partial charge in [0, 0.05) is 9.35 Å². The number of hydrogen-bond acceptors (Lipinski definition) is 4. The molecule has 0 saturated carbocycles. The predicted octanol–water partition coefficient (Wildman–Crippen LogP) is 3.15. The van der Waals surface area contributed by atoms with E-state index in [9.17, 15) is 4.79 Å². The van der Waals surface area contributed by atoms with Gasteiger partial charge in [-0.1, -0.05) is 11.8 Å². The van der Waals surface area contributed by atoms with Crippen LogP contribution >= 0.6 is 38.6 Å². The lowest BCUT2D eigenvalue weighted by molar-refractivity contribution is 0.0955. The third kappa shape index (κ3) is 3.70. The first-order valence-electron chi connectivity index (χ1n) is 5.82. The lowest BCUT2D eigenvalue weighted by atomic mass is 10.2. The molecule has 0 atom stereocenters. The summed E-state index contributed by atoms with van der Waals surface area (Å²) in [6, 6.07) is 3.79. The number of carbonyl (C=O) groups is 1. The van der Waals surface area contributed by atoms with E-state index < -0.39 is 0 Å². The third-order valence-corrected chi connectivity index (χ3v) is 5.60. The van der Waals surface area contributed by atoms with Crippen LogP contribution in [0.1, 0.15) is 25.0 Å². The van der Waals surface area contributed by atoms with E-state index in [2.05, 4.69) is 33.1 Å². The van der Waals surface area contributed by atoms with Crippen molar-refractivity contribution in [2.45, 2.75) is 13.5 Å². The first kappa shape index (κ1) is 15.3. The quantitative estimate of drug-likeness (QED) is 0.816. The minimum atomic E-state index is -0.175. The number of rotatable bonds is 3. The minimum absolute atomic E-state index is 0.101. The van der Waals surface area contributed by atoms with Gasteiger partial charge in [0.1, 0.15) is 6.61 Å². The van der Waals surface area contributed by atoms with Gasteiger partial charge in [0.2, 0.25) is 0 Å². The van der Waals surface area contributed by atoms with Crippen LogP contribution in [0.15, 0.2) is 22.0 Å². The number of halogens is 1. The van der Waals surface area contributed by atoms with E-state index in [4.69, 9.17) is 5.11 Å². The lowest BCUT2D eigenvalue weighted by Gasteiger charge is -2.01. The van der Waals surface area contributed by atoms with Gasteiger partial charge in [-0.05, 0) is 45.9 Å². The summed E-state index contributed by atoms with van der Waals surface area (Å²) in [7, 11) is 0. The van der Waals surface area contributed by atoms with Crippen LogP contribution in [0, 0.1) is 18.8 Å². The zero-order valence-electron chi connectivity index (χ0n) is 10.7. The molecule has 2 heterocycles. The van der Waals surface area contributed by atoms with Crippen LogP contribution < -0.4 is 5.32 Å². The summed E-state index contributed by atoms with van der Waals surface area (Å²) in [5, 5.41) is 13.6. The molecule has 1 amide bonds. The maximum absolute atomic E-state index is 12.1. The molecule has 0 spiro atoms. The normalized spacial score (nSPS) is 9.95. The molecule has 0 unspecified atom stereocenters. The van der Waals surface area contributed by atoms with Crippen LogP contribution in [-0.2, 0) is 6.54 Å². The van der Waals surface area contributed by atoms with E-state index in [1.54, 1.807) is 11.3 Å². The number of nitrogens with one attached hydrogen (secondary N) is 1. The standard InChI is InChI=1S/C14H12BrNO2S2/c1-9-7-12(20-11(9)3-2-5-17)14(18)16-8-13-10(15)4-6-19-13/h4,6-7,17H,5,8H2,1H3,(H,16,18). The van der Waals surface area contributed by atoms with Gasteiger partial charge in [0.25, 0.3) is 5.91 Å². The van der Waals surface area contributed by atoms with Crippen LogP contribution in [-0.4, -0.2) is 17.6 Å². The van der Waals surface area contributed by atoms with E-state index in [1.165, 1.54) is 11.3 Å². The molecule has 2 aromatic rings. The number of aliphatic hydroxyl groups is 1. The molecule has 0 aliphatic carbocycles. The Balaban J connectivity index is 2.04. The van der Waals surface area contributed by atoms with E-state index >= 15 is 0 Å². The highest BCUT2D eigenvalue weighted by molar-refractivity contribution is 9.10. The molecule has 0 aliphatic heterocycles. The van der Waals surface area contributed by atoms with Crippen molar-refractivity contribution in [3.05, 3.63) is 42.2 Å². The molecule has 2 N–H and O–H groups in total. The summed E-state index contributed by atoms with van der Waals surface area (Å²) < 4.78 is 1.01. The molecule has 3 nitrogen and oxygen atoms in total. The summed E-state index contributed by atoms with van der Waals surface area (Å²) in [6.45, 7) is 2.24. The maximum Gasteiger partial charge on any atom is 0.261 e. The molecule has 2 rings (SSSR count). The topological polar surface area (TPSA) is 49.3 Å². The van der Waals surface area contributed by atoms with Crippen LogP contribution in [0.4, 0.5) is 0 Å². The van der Waals surface area contributed by atoms with Crippen LogP contribution in [0.5, 0.6) is 0 Å². The molecule has 0 aromatic carbocycles. The first-order chi connectivity index (χ1) is 9.61. The largest absolute Gasteiger partial charge is 0.384 e. The van der Waals surface area contributed by atoms with Crippen LogP contribution in [0.25, 0.3) is 0 Å². The molecule has 0 fully saturated rings. The van der Waals surface area contributed by atoms with Gasteiger partial charge in [-0.2, -0.15) is 0 Å². The van der Waals surface area contributed by atoms with Crippen LogP contribution in [0.3, 0.4) is 0 Å². The molecular formula is C14H12BrNO2S2. The SMILES string of the molecule is Cc1cc(C(=O)NCc2sccc2Br)sc1C#CCO. The average Bonchev–Trinajstić information content (AvgIpc) is 3.00. The van der Waals surface area contributed by atoms with Crippen molar-refractivity contribution in [1.82, 2.24) is 5.32 Å². The second-order valence-electron chi connectivity index (χ2n) is 3.96. The van der Waals surface area contributed by atoms with Crippen molar-refractivity contribution in [2.75, 3.05) is 6.61 Å². The Hall–Kier alpha value is -1.13. The second kappa shape index (κ2) is 7.04. The average molecular weight is 370 g/mol. The minimum Gasteiger partial charge on any atom is -0.384 e. The Labute approximate surface area is 133 Å². The van der Waals surface area contributed by atoms with E-state index in [0.29, 0.717) is 11.4 Å². The number of carbonyl (C=O) groups excluding carboxylic acids is 1. The number of hydrogen-bond donors (Lipinski definition) is 2. The molecule has 104 valence electrons. The van der Waals surface area contributed by atoms with Gasteiger partial charge in [-0.3, -0.25) is 4.79 Å². The molecule has 20 heavy (non-hydrogen) atoms. The fraction of sp³-hybridized carbons (Fsp3) is 0.214. The highest BCUT2D eigenvalue weighted by Crippen LogP contribution is 2.23. The Kier molecular flexibility index (Phi) is 5.38. The Morgan fingerprint density at radius 2 is 2.35 bits per heavy atom. The molecule has 0 radical (unpaired) electrons. The molecular weight excluding hydrogens is 358 g/mol. The highest BCUT2D eigenvalue weighted by Gasteiger charge is 2.12. The van der Waals surface area contributed by atoms with Gasteiger partial charge >= 0.3 is 0 Å². The van der Waals surface area contributed by atoms with E-state index in [0.717, 1.165) is 19.8 Å². The first-order valence-corrected chi connectivity index (χ1v) is 8.31. The zero-order valence-corrected chi connectivity index (χ0v) is 13.9. The summed E-state index contributed by atoms with van der Waals surface area (Å²) in [5.41, 5.74) is 0.957. The smallest absolute Gasteiger partial charge is 0.261 e. The Morgan fingerprint density at radius 1 is 1.55 bits per heavy atom. The second-order valence-corrected chi connectivity index (χ2v) is 6.86. The molecule has 0 saturated heterocycles. The number of thiophene rings is 2. The van der Waals surface area contributed by atoms with Crippen molar-refractivity contribution in [1.29, 1.82) is 0 Å². The number of aliphatic hydroxyl groups excluding tert-OH is 1. The fourth-order valence-corrected chi connectivity index (χ4v) is 3.93. The third-order valence-electron chi connectivity index (χ3n) is 2.52. The number of aryl methyl sites for hydroxylation is 1. The predicted molar refractivity (Wildman–Crippen MR) is 86.2 cm³/mol. The van der Waals surface area contributed by atoms with Crippen molar-refractivity contribution >= 4 is 44.5 Å². The van der Waals surface area contributed by atoms with E-state index in [-0.39, 0.29) is 12.5 Å². The molecule has 0 bridgehead atoms. The summed E-state index contributed by atoms with van der Waals surface area (Å²) >= 11 is 6.38. The van der Waals surface area contributed by atoms with Gasteiger partial charge in [-0.25, -0.2) is 0 Å². The van der Waals surface area contributed by atoms with Crippen LogP contribution in [0.2, 0.25) is 0 Å². The Morgan fingerprint density at radius 3 is 3.00 bits per heavy atom. The van der Waals surface area contributed by atoms with Gasteiger partial charge < -0.3 is 10.4 Å². The van der Waals surface area contributed by atoms with Crippen molar-refractivity contribution in [2.24, 2.45) is 0 Å². The van der Waals surface area contributed by atoms with Crippen molar-refractivity contribution in [3.63, 3.8) is 0 Å². The highest BCUT2D eigenvalue weighted by atomic mass is 79.9. The summed E-state index contributed by atoms with van der Waals surface area (Å²) in [5.74, 6) is 5.35. The lowest BCUT2D eigenvalue weighted by Crippen LogP contribution is -2.21.